The molecule has 172 valence electrons. The summed E-state index contributed by atoms with van der Waals surface area (Å²) in [6, 6.07) is 13.4. The van der Waals surface area contributed by atoms with E-state index in [1.807, 2.05) is 0 Å². The third-order valence-electron chi connectivity index (χ3n) is 5.27. The molecule has 1 aliphatic heterocycles. The van der Waals surface area contributed by atoms with Gasteiger partial charge >= 0.3 is 12.1 Å². The third-order valence-corrected chi connectivity index (χ3v) is 5.75. The molecule has 1 saturated heterocycles. The predicted octanol–water partition coefficient (Wildman–Crippen LogP) is 5.13. The largest absolute Gasteiger partial charge is 0.336 e. The molecule has 1 fully saturated rings. The number of piperidine rings is 1. The van der Waals surface area contributed by atoms with Crippen molar-refractivity contribution in [2.24, 2.45) is 0 Å². The molecule has 0 radical (unpaired) electrons. The summed E-state index contributed by atoms with van der Waals surface area (Å²) in [6.07, 6.45) is 3.66. The fraction of sp³-hybridized carbons (Fsp3) is 0.391. The molecule has 3 N–H and O–H groups in total. The minimum absolute atomic E-state index is 0.218. The SMILES string of the molecule is O=C(NCCN(CCN1CCCCC1)C(=O)Nc1cccc(Cl)c1)Nc1ccc(Cl)cc1. The summed E-state index contributed by atoms with van der Waals surface area (Å²) in [4.78, 5) is 29.2. The molecule has 32 heavy (non-hydrogen) atoms. The van der Waals surface area contributed by atoms with Gasteiger partial charge in [0.05, 0.1) is 0 Å². The second-order valence-electron chi connectivity index (χ2n) is 7.72. The summed E-state index contributed by atoms with van der Waals surface area (Å²) in [6.45, 7) is 4.21. The predicted molar refractivity (Wildman–Crippen MR) is 131 cm³/mol. The number of rotatable bonds is 8. The molecule has 0 saturated carbocycles. The highest BCUT2D eigenvalue weighted by atomic mass is 35.5. The number of halogens is 2. The summed E-state index contributed by atoms with van der Waals surface area (Å²) < 4.78 is 0. The van der Waals surface area contributed by atoms with Crippen LogP contribution in [0.4, 0.5) is 21.0 Å². The normalized spacial score (nSPS) is 13.9. The Labute approximate surface area is 199 Å². The maximum Gasteiger partial charge on any atom is 0.321 e. The van der Waals surface area contributed by atoms with Crippen molar-refractivity contribution >= 4 is 46.6 Å². The maximum absolute atomic E-state index is 12.9. The first-order chi connectivity index (χ1) is 15.5. The van der Waals surface area contributed by atoms with Crippen LogP contribution in [0.5, 0.6) is 0 Å². The van der Waals surface area contributed by atoms with Crippen LogP contribution in [-0.2, 0) is 0 Å². The summed E-state index contributed by atoms with van der Waals surface area (Å²) in [7, 11) is 0. The van der Waals surface area contributed by atoms with Crippen molar-refractivity contribution in [3.05, 3.63) is 58.6 Å². The van der Waals surface area contributed by atoms with Gasteiger partial charge in [0.25, 0.3) is 0 Å². The number of urea groups is 2. The van der Waals surface area contributed by atoms with Crippen molar-refractivity contribution < 1.29 is 9.59 Å². The summed E-state index contributed by atoms with van der Waals surface area (Å²) in [5, 5.41) is 9.61. The lowest BCUT2D eigenvalue weighted by Crippen LogP contribution is -2.45. The van der Waals surface area contributed by atoms with Crippen LogP contribution in [0, 0.1) is 0 Å². The van der Waals surface area contributed by atoms with Crippen molar-refractivity contribution in [1.82, 2.24) is 15.1 Å². The van der Waals surface area contributed by atoms with Gasteiger partial charge in [0.1, 0.15) is 0 Å². The van der Waals surface area contributed by atoms with Crippen LogP contribution < -0.4 is 16.0 Å². The summed E-state index contributed by atoms with van der Waals surface area (Å²) in [5.41, 5.74) is 1.28. The molecule has 9 heteroatoms. The smallest absolute Gasteiger partial charge is 0.321 e. The van der Waals surface area contributed by atoms with Crippen LogP contribution in [0.2, 0.25) is 10.0 Å². The second kappa shape index (κ2) is 12.5. The van der Waals surface area contributed by atoms with Crippen LogP contribution in [0.3, 0.4) is 0 Å². The van der Waals surface area contributed by atoms with E-state index in [2.05, 4.69) is 20.9 Å². The molecular formula is C23H29Cl2N5O2. The highest BCUT2D eigenvalue weighted by Crippen LogP contribution is 2.16. The molecule has 0 spiro atoms. The molecule has 0 unspecified atom stereocenters. The van der Waals surface area contributed by atoms with E-state index >= 15 is 0 Å². The lowest BCUT2D eigenvalue weighted by molar-refractivity contribution is 0.181. The van der Waals surface area contributed by atoms with E-state index in [1.54, 1.807) is 53.4 Å². The molecule has 4 amide bonds. The molecule has 3 rings (SSSR count). The zero-order chi connectivity index (χ0) is 22.8. The van der Waals surface area contributed by atoms with E-state index in [4.69, 9.17) is 23.2 Å². The number of nitrogens with zero attached hydrogens (tertiary/aromatic N) is 2. The third kappa shape index (κ3) is 8.22. The fourth-order valence-electron chi connectivity index (χ4n) is 3.54. The highest BCUT2D eigenvalue weighted by Gasteiger charge is 2.17. The van der Waals surface area contributed by atoms with Gasteiger partial charge in [-0.15, -0.1) is 0 Å². The second-order valence-corrected chi connectivity index (χ2v) is 8.59. The van der Waals surface area contributed by atoms with Gasteiger partial charge in [-0.25, -0.2) is 9.59 Å². The molecule has 0 bridgehead atoms. The topological polar surface area (TPSA) is 76.7 Å². The first kappa shape index (κ1) is 24.2. The number of carbonyl (C=O) groups excluding carboxylic acids is 2. The minimum Gasteiger partial charge on any atom is -0.336 e. The lowest BCUT2D eigenvalue weighted by atomic mass is 10.1. The molecule has 1 heterocycles. The lowest BCUT2D eigenvalue weighted by Gasteiger charge is -2.30. The van der Waals surface area contributed by atoms with E-state index in [1.165, 1.54) is 19.3 Å². The van der Waals surface area contributed by atoms with E-state index < -0.39 is 0 Å². The number of nitrogens with one attached hydrogen (secondary N) is 3. The Morgan fingerprint density at radius 2 is 1.62 bits per heavy atom. The number of hydrogen-bond donors (Lipinski definition) is 3. The Morgan fingerprint density at radius 3 is 2.34 bits per heavy atom. The quantitative estimate of drug-likeness (QED) is 0.492. The van der Waals surface area contributed by atoms with Gasteiger partial charge in [-0.05, 0) is 68.4 Å². The fourth-order valence-corrected chi connectivity index (χ4v) is 3.86. The standard InChI is InChI=1S/C23H29Cl2N5O2/c24-18-7-9-20(10-8-18)27-22(31)26-11-14-30(16-15-29-12-2-1-3-13-29)23(32)28-21-6-4-5-19(25)17-21/h4-10,17H,1-3,11-16H2,(H,28,32)(H2,26,27,31). The van der Waals surface area contributed by atoms with Gasteiger partial charge in [0.15, 0.2) is 0 Å². The Balaban J connectivity index is 1.52. The van der Waals surface area contributed by atoms with Crippen molar-refractivity contribution in [3.63, 3.8) is 0 Å². The molecule has 2 aromatic rings. The van der Waals surface area contributed by atoms with E-state index in [-0.39, 0.29) is 12.1 Å². The Bertz CT molecular complexity index is 888. The van der Waals surface area contributed by atoms with Crippen molar-refractivity contribution in [3.8, 4) is 0 Å². The molecule has 0 atom stereocenters. The van der Waals surface area contributed by atoms with Crippen LogP contribution in [0.25, 0.3) is 0 Å². The number of hydrogen-bond acceptors (Lipinski definition) is 3. The highest BCUT2D eigenvalue weighted by molar-refractivity contribution is 6.31. The average molecular weight is 478 g/mol. The van der Waals surface area contributed by atoms with E-state index in [0.717, 1.165) is 19.6 Å². The summed E-state index contributed by atoms with van der Waals surface area (Å²) >= 11 is 11.9. The van der Waals surface area contributed by atoms with Crippen LogP contribution in [-0.4, -0.2) is 61.1 Å². The van der Waals surface area contributed by atoms with Gasteiger partial charge in [0, 0.05) is 47.6 Å². The maximum atomic E-state index is 12.9. The summed E-state index contributed by atoms with van der Waals surface area (Å²) in [5.74, 6) is 0. The van der Waals surface area contributed by atoms with Crippen LogP contribution in [0.15, 0.2) is 48.5 Å². The molecule has 0 aromatic heterocycles. The number of anilines is 2. The van der Waals surface area contributed by atoms with Crippen molar-refractivity contribution in [2.45, 2.75) is 19.3 Å². The van der Waals surface area contributed by atoms with Crippen molar-refractivity contribution in [1.29, 1.82) is 0 Å². The number of carbonyl (C=O) groups is 2. The number of likely N-dealkylation sites (tertiary alicyclic amines) is 1. The Kier molecular flexibility index (Phi) is 9.46. The number of amides is 4. The Morgan fingerprint density at radius 1 is 0.875 bits per heavy atom. The average Bonchev–Trinajstić information content (AvgIpc) is 2.78. The molecule has 1 aliphatic rings. The van der Waals surface area contributed by atoms with Gasteiger partial charge in [-0.1, -0.05) is 35.7 Å². The first-order valence-electron chi connectivity index (χ1n) is 10.8. The van der Waals surface area contributed by atoms with E-state index in [9.17, 15) is 9.59 Å². The minimum atomic E-state index is -0.335. The van der Waals surface area contributed by atoms with Gasteiger partial charge < -0.3 is 25.8 Å². The van der Waals surface area contributed by atoms with Crippen molar-refractivity contribution in [2.75, 3.05) is 49.9 Å². The molecule has 7 nitrogen and oxygen atoms in total. The number of benzene rings is 2. The van der Waals surface area contributed by atoms with Crippen LogP contribution >= 0.6 is 23.2 Å². The molecule has 0 aliphatic carbocycles. The van der Waals surface area contributed by atoms with Gasteiger partial charge in [-0.3, -0.25) is 0 Å². The van der Waals surface area contributed by atoms with Gasteiger partial charge in [-0.2, -0.15) is 0 Å². The first-order valence-corrected chi connectivity index (χ1v) is 11.6. The van der Waals surface area contributed by atoms with Crippen LogP contribution in [0.1, 0.15) is 19.3 Å². The Hall–Kier alpha value is -2.48. The molecule has 2 aromatic carbocycles. The van der Waals surface area contributed by atoms with E-state index in [0.29, 0.717) is 41.1 Å². The molecular weight excluding hydrogens is 449 g/mol. The monoisotopic (exact) mass is 477 g/mol. The zero-order valence-electron chi connectivity index (χ0n) is 17.9. The zero-order valence-corrected chi connectivity index (χ0v) is 19.5. The van der Waals surface area contributed by atoms with Gasteiger partial charge in [0.2, 0.25) is 0 Å².